The zero-order valence-corrected chi connectivity index (χ0v) is 22.7. The van der Waals surface area contributed by atoms with Gasteiger partial charge < -0.3 is 5.43 Å². The number of hydrogen-bond acceptors (Lipinski definition) is 5. The normalized spacial score (nSPS) is 16.6. The molecule has 1 aliphatic carbocycles. The number of rotatable bonds is 9. The molecule has 1 aliphatic rings. The summed E-state index contributed by atoms with van der Waals surface area (Å²) in [4.78, 5) is 8.56. The summed E-state index contributed by atoms with van der Waals surface area (Å²) in [6, 6.07) is 2.37. The van der Waals surface area contributed by atoms with E-state index in [1.165, 1.54) is 50.7 Å². The third kappa shape index (κ3) is 10.6. The van der Waals surface area contributed by atoms with Crippen molar-refractivity contribution in [3.8, 4) is 6.07 Å². The smallest absolute Gasteiger partial charge is 0.156 e. The quantitative estimate of drug-likeness (QED) is 0.212. The lowest BCUT2D eigenvalue weighted by molar-refractivity contribution is 0.258. The van der Waals surface area contributed by atoms with Crippen LogP contribution in [0, 0.1) is 23.2 Å². The standard InChI is InChI=1S/C19H24FN5.C10H20/c1-7-15(20)8-17(12(2)3)18(9-21)14(6)19-22-10-16(11-23-19)25-24-13(4)5;1-3-9(2)10-7-5-4-6-8-10/h7-8,10-11,13,24-25H,2H2,1,3-6H3;9-10H,3-8H2,1-2H3/b15-7+,17-8+,18-14+;. The molecule has 6 heteroatoms. The maximum Gasteiger partial charge on any atom is 0.156 e. The van der Waals surface area contributed by atoms with E-state index in [1.54, 1.807) is 33.2 Å². The lowest BCUT2D eigenvalue weighted by atomic mass is 9.80. The first-order valence-corrected chi connectivity index (χ1v) is 12.8. The molecule has 35 heavy (non-hydrogen) atoms. The van der Waals surface area contributed by atoms with Crippen molar-refractivity contribution in [2.24, 2.45) is 11.8 Å². The van der Waals surface area contributed by atoms with Crippen molar-refractivity contribution in [2.45, 2.75) is 93.0 Å². The van der Waals surface area contributed by atoms with E-state index in [9.17, 15) is 9.65 Å². The van der Waals surface area contributed by atoms with Crippen LogP contribution in [0.3, 0.4) is 0 Å². The molecule has 0 spiro atoms. The zero-order valence-electron chi connectivity index (χ0n) is 22.7. The van der Waals surface area contributed by atoms with E-state index in [4.69, 9.17) is 0 Å². The highest BCUT2D eigenvalue weighted by atomic mass is 19.1. The predicted molar refractivity (Wildman–Crippen MR) is 146 cm³/mol. The third-order valence-corrected chi connectivity index (χ3v) is 6.36. The van der Waals surface area contributed by atoms with Crippen molar-refractivity contribution in [3.05, 3.63) is 59.5 Å². The van der Waals surface area contributed by atoms with Crippen molar-refractivity contribution in [1.29, 1.82) is 5.26 Å². The Morgan fingerprint density at radius 3 is 2.26 bits per heavy atom. The second-order valence-electron chi connectivity index (χ2n) is 9.63. The van der Waals surface area contributed by atoms with Crippen molar-refractivity contribution >= 4 is 11.3 Å². The molecule has 2 N–H and O–H groups in total. The molecule has 2 rings (SSSR count). The number of allylic oxidation sites excluding steroid dienone is 7. The Morgan fingerprint density at radius 2 is 1.80 bits per heavy atom. The molecule has 192 valence electrons. The Bertz CT molecular complexity index is 929. The van der Waals surface area contributed by atoms with Gasteiger partial charge in [0.1, 0.15) is 11.9 Å². The highest BCUT2D eigenvalue weighted by Gasteiger charge is 2.18. The van der Waals surface area contributed by atoms with Gasteiger partial charge in [-0.15, -0.1) is 0 Å². The van der Waals surface area contributed by atoms with Crippen LogP contribution in [0.25, 0.3) is 5.57 Å². The van der Waals surface area contributed by atoms with E-state index in [1.807, 2.05) is 13.8 Å². The summed E-state index contributed by atoms with van der Waals surface area (Å²) < 4.78 is 13.7. The number of hydrogen-bond donors (Lipinski definition) is 2. The molecule has 1 saturated carbocycles. The van der Waals surface area contributed by atoms with Crippen molar-refractivity contribution in [1.82, 2.24) is 15.4 Å². The van der Waals surface area contributed by atoms with E-state index in [-0.39, 0.29) is 6.04 Å². The van der Waals surface area contributed by atoms with Gasteiger partial charge >= 0.3 is 0 Å². The molecule has 0 aliphatic heterocycles. The largest absolute Gasteiger partial charge is 0.318 e. The van der Waals surface area contributed by atoms with E-state index < -0.39 is 5.83 Å². The topological polar surface area (TPSA) is 73.6 Å². The highest BCUT2D eigenvalue weighted by Crippen LogP contribution is 2.31. The van der Waals surface area contributed by atoms with Crippen LogP contribution in [0.2, 0.25) is 0 Å². The minimum Gasteiger partial charge on any atom is -0.318 e. The average molecular weight is 482 g/mol. The molecule has 1 unspecified atom stereocenters. The fraction of sp³-hybridized carbons (Fsp3) is 0.552. The van der Waals surface area contributed by atoms with E-state index in [2.05, 4.69) is 47.3 Å². The van der Waals surface area contributed by atoms with Crippen molar-refractivity contribution in [3.63, 3.8) is 0 Å². The van der Waals surface area contributed by atoms with Gasteiger partial charge in [0, 0.05) is 11.6 Å². The van der Waals surface area contributed by atoms with E-state index in [0.29, 0.717) is 33.8 Å². The Kier molecular flexibility index (Phi) is 13.8. The van der Waals surface area contributed by atoms with Gasteiger partial charge in [0.25, 0.3) is 0 Å². The number of halogens is 1. The van der Waals surface area contributed by atoms with E-state index >= 15 is 0 Å². The maximum atomic E-state index is 13.7. The fourth-order valence-corrected chi connectivity index (χ4v) is 3.94. The van der Waals surface area contributed by atoms with Gasteiger partial charge in [-0.25, -0.2) is 19.8 Å². The summed E-state index contributed by atoms with van der Waals surface area (Å²) in [7, 11) is 0. The van der Waals surface area contributed by atoms with Crippen LogP contribution in [0.4, 0.5) is 10.1 Å². The number of anilines is 1. The van der Waals surface area contributed by atoms with Crippen LogP contribution >= 0.6 is 0 Å². The number of nitrogens with zero attached hydrogens (tertiary/aromatic N) is 3. The van der Waals surface area contributed by atoms with Gasteiger partial charge in [0.05, 0.1) is 23.7 Å². The van der Waals surface area contributed by atoms with E-state index in [0.717, 1.165) is 11.8 Å². The molecule has 1 aromatic rings. The summed E-state index contributed by atoms with van der Waals surface area (Å²) in [6.45, 7) is 17.6. The predicted octanol–water partition coefficient (Wildman–Crippen LogP) is 8.09. The highest BCUT2D eigenvalue weighted by molar-refractivity contribution is 5.74. The molecule has 1 fully saturated rings. The van der Waals surface area contributed by atoms with Crippen LogP contribution in [0.5, 0.6) is 0 Å². The fourth-order valence-electron chi connectivity index (χ4n) is 3.94. The number of nitrogens with one attached hydrogen (secondary N) is 2. The van der Waals surface area contributed by atoms with Crippen LogP contribution < -0.4 is 10.9 Å². The summed E-state index contributed by atoms with van der Waals surface area (Å²) in [6.07, 6.45) is 14.7. The summed E-state index contributed by atoms with van der Waals surface area (Å²) in [5.74, 6) is 2.03. The van der Waals surface area contributed by atoms with Gasteiger partial charge in [-0.2, -0.15) is 5.26 Å². The molecule has 0 aromatic carbocycles. The lowest BCUT2D eigenvalue weighted by Gasteiger charge is -2.26. The van der Waals surface area contributed by atoms with Gasteiger partial charge in [0.15, 0.2) is 5.82 Å². The minimum atomic E-state index is -0.432. The first-order valence-electron chi connectivity index (χ1n) is 12.8. The van der Waals surface area contributed by atoms with Gasteiger partial charge in [-0.3, -0.25) is 0 Å². The summed E-state index contributed by atoms with van der Waals surface area (Å²) >= 11 is 0. The van der Waals surface area contributed by atoms with Gasteiger partial charge in [-0.05, 0) is 63.7 Å². The van der Waals surface area contributed by atoms with Crippen LogP contribution in [0.1, 0.15) is 92.8 Å². The molecule has 1 aromatic heterocycles. The maximum absolute atomic E-state index is 13.7. The molecule has 0 saturated heterocycles. The van der Waals surface area contributed by atoms with Crippen LogP contribution in [0.15, 0.2) is 53.7 Å². The van der Waals surface area contributed by atoms with Crippen LogP contribution in [-0.2, 0) is 0 Å². The lowest BCUT2D eigenvalue weighted by Crippen LogP contribution is -2.29. The minimum absolute atomic E-state index is 0.260. The van der Waals surface area contributed by atoms with Crippen LogP contribution in [-0.4, -0.2) is 16.0 Å². The second kappa shape index (κ2) is 16.0. The number of nitriles is 1. The first-order chi connectivity index (χ1) is 16.6. The molecule has 0 amide bonds. The summed E-state index contributed by atoms with van der Waals surface area (Å²) in [5, 5.41) is 9.55. The van der Waals surface area contributed by atoms with Gasteiger partial charge in [-0.1, -0.05) is 65.0 Å². The second-order valence-corrected chi connectivity index (χ2v) is 9.63. The molecule has 5 nitrogen and oxygen atoms in total. The Balaban J connectivity index is 0.000000507. The SMILES string of the molecule is C=C(C)C(=C\C(F)=C/C)/C(C#N)=C(\C)c1ncc(NNC(C)C)cn1.CCC(C)C1CCCCC1. The monoisotopic (exact) mass is 481 g/mol. The Hall–Kier alpha value is -2.78. The molecular formula is C29H44FN5. The van der Waals surface area contributed by atoms with Crippen molar-refractivity contribution in [2.75, 3.05) is 5.43 Å². The molecule has 1 atom stereocenters. The Morgan fingerprint density at radius 1 is 1.20 bits per heavy atom. The number of hydrazine groups is 1. The Labute approximate surface area is 212 Å². The third-order valence-electron chi connectivity index (χ3n) is 6.36. The molecule has 0 radical (unpaired) electrons. The average Bonchev–Trinajstić information content (AvgIpc) is 2.87. The van der Waals surface area contributed by atoms with Gasteiger partial charge in [0.2, 0.25) is 0 Å². The summed E-state index contributed by atoms with van der Waals surface area (Å²) in [5.41, 5.74) is 8.62. The molecule has 0 bridgehead atoms. The molecular weight excluding hydrogens is 437 g/mol. The zero-order chi connectivity index (χ0) is 26.4. The number of aromatic nitrogens is 2. The van der Waals surface area contributed by atoms with Crippen molar-refractivity contribution < 1.29 is 4.39 Å². The molecule has 1 heterocycles. The first kappa shape index (κ1) is 30.3.